The number of ether oxygens (including phenoxy) is 1. The van der Waals surface area contributed by atoms with Crippen LogP contribution in [-0.2, 0) is 6.54 Å². The smallest absolute Gasteiger partial charge is 0.248 e. The lowest BCUT2D eigenvalue weighted by atomic mass is 10.2. The number of aromatic nitrogens is 2. The predicted octanol–water partition coefficient (Wildman–Crippen LogP) is 3.94. The molecule has 9 heteroatoms. The van der Waals surface area contributed by atoms with Gasteiger partial charge in [-0.15, -0.1) is 24.0 Å². The van der Waals surface area contributed by atoms with E-state index >= 15 is 0 Å². The van der Waals surface area contributed by atoms with Gasteiger partial charge >= 0.3 is 0 Å². The van der Waals surface area contributed by atoms with Gasteiger partial charge in [-0.3, -0.25) is 0 Å². The van der Waals surface area contributed by atoms with Crippen molar-refractivity contribution in [3.8, 4) is 17.1 Å². The van der Waals surface area contributed by atoms with E-state index in [-0.39, 0.29) is 36.5 Å². The number of methoxy groups -OCH3 is 1. The van der Waals surface area contributed by atoms with E-state index in [0.29, 0.717) is 16.7 Å². The Kier molecular flexibility index (Phi) is 7.22. The average molecular weight is 486 g/mol. The first-order valence-corrected chi connectivity index (χ1v) is 7.81. The Balaban J connectivity index is 0.00000243. The van der Waals surface area contributed by atoms with E-state index in [1.807, 2.05) is 36.4 Å². The predicted molar refractivity (Wildman–Crippen MR) is 112 cm³/mol. The molecule has 1 heterocycles. The zero-order valence-electron chi connectivity index (χ0n) is 13.8. The zero-order valence-corrected chi connectivity index (χ0v) is 16.9. The molecule has 7 nitrogen and oxygen atoms in total. The number of benzene rings is 2. The van der Waals surface area contributed by atoms with Crippen LogP contribution in [0.5, 0.6) is 5.75 Å². The molecule has 0 spiro atoms. The van der Waals surface area contributed by atoms with Crippen molar-refractivity contribution in [3.05, 3.63) is 59.4 Å². The fraction of sp³-hybridized carbons (Fsp3) is 0.118. The number of hydrogen-bond acceptors (Lipinski definition) is 5. The maximum absolute atomic E-state index is 5.96. The summed E-state index contributed by atoms with van der Waals surface area (Å²) < 4.78 is 10.3. The van der Waals surface area contributed by atoms with Crippen LogP contribution in [0.15, 0.2) is 58.0 Å². The number of nitrogens with two attached hydrogens (primary N) is 1. The molecule has 1 aromatic heterocycles. The van der Waals surface area contributed by atoms with E-state index in [4.69, 9.17) is 26.6 Å². The van der Waals surface area contributed by atoms with Gasteiger partial charge in [-0.05, 0) is 36.4 Å². The summed E-state index contributed by atoms with van der Waals surface area (Å²) in [6.07, 6.45) is 0. The van der Waals surface area contributed by atoms with E-state index in [9.17, 15) is 0 Å². The molecule has 0 saturated heterocycles. The van der Waals surface area contributed by atoms with Crippen molar-refractivity contribution in [2.24, 2.45) is 10.7 Å². The average Bonchev–Trinajstić information content (AvgIpc) is 3.10. The van der Waals surface area contributed by atoms with Gasteiger partial charge in [-0.2, -0.15) is 4.98 Å². The quantitative estimate of drug-likeness (QED) is 0.323. The molecule has 0 radical (unpaired) electrons. The van der Waals surface area contributed by atoms with Gasteiger partial charge in [0.1, 0.15) is 12.3 Å². The minimum absolute atomic E-state index is 0. The van der Waals surface area contributed by atoms with E-state index in [1.165, 1.54) is 0 Å². The first kappa shape index (κ1) is 20.0. The molecular weight excluding hydrogens is 469 g/mol. The number of anilines is 1. The van der Waals surface area contributed by atoms with Gasteiger partial charge in [0.05, 0.1) is 7.11 Å². The number of guanidine groups is 1. The molecule has 0 aliphatic rings. The highest BCUT2D eigenvalue weighted by Crippen LogP contribution is 2.20. The lowest BCUT2D eigenvalue weighted by Crippen LogP contribution is -2.22. The summed E-state index contributed by atoms with van der Waals surface area (Å²) in [4.78, 5) is 8.47. The number of aliphatic imine (C=N–C) groups is 1. The number of nitrogens with one attached hydrogen (secondary N) is 1. The standard InChI is InChI=1S/C17H16ClN5O2.HI/c1-24-14-7-5-13(6-8-14)21-17(19)20-10-15-22-16(23-25-15)11-3-2-4-12(18)9-11;/h2-9H,10H2,1H3,(H3,19,20,21);1H. The summed E-state index contributed by atoms with van der Waals surface area (Å²) in [5, 5.41) is 7.50. The van der Waals surface area contributed by atoms with Crippen LogP contribution in [0, 0.1) is 0 Å². The van der Waals surface area contributed by atoms with Crippen molar-refractivity contribution in [1.82, 2.24) is 10.1 Å². The van der Waals surface area contributed by atoms with Crippen molar-refractivity contribution >= 4 is 47.2 Å². The molecule has 26 heavy (non-hydrogen) atoms. The van der Waals surface area contributed by atoms with Crippen molar-refractivity contribution in [2.75, 3.05) is 12.4 Å². The summed E-state index contributed by atoms with van der Waals surface area (Å²) in [7, 11) is 1.61. The lowest BCUT2D eigenvalue weighted by Gasteiger charge is -2.05. The van der Waals surface area contributed by atoms with Crippen molar-refractivity contribution in [3.63, 3.8) is 0 Å². The molecule has 3 N–H and O–H groups in total. The maximum atomic E-state index is 5.96. The minimum Gasteiger partial charge on any atom is -0.497 e. The molecule has 3 aromatic rings. The largest absolute Gasteiger partial charge is 0.497 e. The molecule has 136 valence electrons. The number of hydrogen-bond donors (Lipinski definition) is 2. The first-order valence-electron chi connectivity index (χ1n) is 7.43. The Labute approximate surface area is 172 Å². The fourth-order valence-electron chi connectivity index (χ4n) is 2.08. The monoisotopic (exact) mass is 485 g/mol. The number of rotatable bonds is 5. The van der Waals surface area contributed by atoms with E-state index in [1.54, 1.807) is 19.2 Å². The Morgan fingerprint density at radius 3 is 2.73 bits per heavy atom. The second-order valence-corrected chi connectivity index (χ2v) is 5.51. The van der Waals surface area contributed by atoms with E-state index < -0.39 is 0 Å². The van der Waals surface area contributed by atoms with Crippen LogP contribution in [0.4, 0.5) is 5.69 Å². The second kappa shape index (κ2) is 9.39. The third-order valence-electron chi connectivity index (χ3n) is 3.30. The molecule has 0 atom stereocenters. The van der Waals surface area contributed by atoms with Crippen LogP contribution in [0.1, 0.15) is 5.89 Å². The van der Waals surface area contributed by atoms with Crippen LogP contribution < -0.4 is 15.8 Å². The summed E-state index contributed by atoms with van der Waals surface area (Å²) in [6.45, 7) is 0.169. The highest BCUT2D eigenvalue weighted by molar-refractivity contribution is 14.0. The Bertz CT molecular complexity index is 883. The van der Waals surface area contributed by atoms with Crippen molar-refractivity contribution < 1.29 is 9.26 Å². The fourth-order valence-corrected chi connectivity index (χ4v) is 2.27. The third kappa shape index (κ3) is 5.33. The first-order chi connectivity index (χ1) is 12.1. The molecule has 0 bridgehead atoms. The molecule has 0 amide bonds. The van der Waals surface area contributed by atoms with Crippen molar-refractivity contribution in [2.45, 2.75) is 6.54 Å². The number of nitrogens with zero attached hydrogens (tertiary/aromatic N) is 3. The van der Waals surface area contributed by atoms with E-state index in [0.717, 1.165) is 17.0 Å². The minimum atomic E-state index is 0. The SMILES string of the molecule is COc1ccc(NC(N)=NCc2nc(-c3cccc(Cl)c3)no2)cc1.I. The van der Waals surface area contributed by atoms with Gasteiger partial charge in [0.25, 0.3) is 0 Å². The maximum Gasteiger partial charge on any atom is 0.248 e. The van der Waals surface area contributed by atoms with Crippen LogP contribution in [-0.4, -0.2) is 23.2 Å². The van der Waals surface area contributed by atoms with Gasteiger partial charge in [0.2, 0.25) is 11.7 Å². The van der Waals surface area contributed by atoms with Crippen LogP contribution >= 0.6 is 35.6 Å². The Morgan fingerprint density at radius 1 is 1.27 bits per heavy atom. The highest BCUT2D eigenvalue weighted by atomic mass is 127. The van der Waals surface area contributed by atoms with Gasteiger partial charge in [-0.25, -0.2) is 4.99 Å². The summed E-state index contributed by atoms with van der Waals surface area (Å²) in [6, 6.07) is 14.5. The Morgan fingerprint density at radius 2 is 2.04 bits per heavy atom. The normalized spacial score (nSPS) is 10.9. The molecule has 2 aromatic carbocycles. The lowest BCUT2D eigenvalue weighted by molar-refractivity contribution is 0.381. The Hall–Kier alpha value is -2.33. The van der Waals surface area contributed by atoms with Crippen LogP contribution in [0.3, 0.4) is 0 Å². The van der Waals surface area contributed by atoms with Crippen LogP contribution in [0.25, 0.3) is 11.4 Å². The second-order valence-electron chi connectivity index (χ2n) is 5.08. The summed E-state index contributed by atoms with van der Waals surface area (Å²) >= 11 is 5.96. The van der Waals surface area contributed by atoms with E-state index in [2.05, 4.69) is 20.4 Å². The molecule has 3 rings (SSSR count). The van der Waals surface area contributed by atoms with Gasteiger partial charge in [0.15, 0.2) is 5.96 Å². The molecule has 0 saturated carbocycles. The van der Waals surface area contributed by atoms with Gasteiger partial charge < -0.3 is 20.3 Å². The zero-order chi connectivity index (χ0) is 17.6. The molecule has 0 aliphatic heterocycles. The number of halogens is 2. The molecule has 0 fully saturated rings. The third-order valence-corrected chi connectivity index (χ3v) is 3.53. The van der Waals surface area contributed by atoms with Gasteiger partial charge in [0, 0.05) is 16.3 Å². The molecule has 0 aliphatic carbocycles. The highest BCUT2D eigenvalue weighted by Gasteiger charge is 2.08. The van der Waals surface area contributed by atoms with Crippen LogP contribution in [0.2, 0.25) is 5.02 Å². The summed E-state index contributed by atoms with van der Waals surface area (Å²) in [5.74, 6) is 1.82. The van der Waals surface area contributed by atoms with Gasteiger partial charge in [-0.1, -0.05) is 28.9 Å². The van der Waals surface area contributed by atoms with Crippen molar-refractivity contribution in [1.29, 1.82) is 0 Å². The topological polar surface area (TPSA) is 98.6 Å². The summed E-state index contributed by atoms with van der Waals surface area (Å²) in [5.41, 5.74) is 7.43. The molecule has 0 unspecified atom stereocenters. The molecular formula is C17H17ClIN5O2.